The summed E-state index contributed by atoms with van der Waals surface area (Å²) < 4.78 is 24.8. The summed E-state index contributed by atoms with van der Waals surface area (Å²) >= 11 is 5.09. The van der Waals surface area contributed by atoms with Gasteiger partial charge < -0.3 is 28.9 Å². The lowest BCUT2D eigenvalue weighted by molar-refractivity contribution is -0.109. The highest BCUT2D eigenvalue weighted by Crippen LogP contribution is 2.40. The fourth-order valence-corrected chi connectivity index (χ4v) is 10.1. The third kappa shape index (κ3) is 12.4. The average Bonchev–Trinajstić information content (AvgIpc) is 4.08. The second kappa shape index (κ2) is 23.4. The predicted octanol–water partition coefficient (Wildman–Crippen LogP) is 11.1. The third-order valence-electron chi connectivity index (χ3n) is 11.2. The van der Waals surface area contributed by atoms with Crippen LogP contribution in [0.1, 0.15) is 53.4 Å². The first-order valence-electron chi connectivity index (χ1n) is 23.4. The van der Waals surface area contributed by atoms with Gasteiger partial charge in [0.1, 0.15) is 45.6 Å². The van der Waals surface area contributed by atoms with Crippen LogP contribution in [0, 0.1) is 0 Å². The van der Waals surface area contributed by atoms with E-state index >= 15 is 0 Å². The van der Waals surface area contributed by atoms with Crippen molar-refractivity contribution in [2.45, 2.75) is 53.4 Å². The number of nitrogens with one attached hydrogen (secondary N) is 2. The Hall–Kier alpha value is -6.48. The molecule has 20 heteroatoms. The number of ether oxygens (including phenoxy) is 4. The SMILES string of the molecule is CC(=O)SCCCOc1ccc2c(c1)-c1nc-2nc2[nH]c(nc3nc(nc4[nH]c(n1)c1ccc(OCCCSC(C)=O)cc41)-c1ccc(OCCCSC(C)=O)cc1-3)c1ccc(OCCCSC(C)=O)cc21. The summed E-state index contributed by atoms with van der Waals surface area (Å²) in [6, 6.07) is 22.9. The lowest BCUT2D eigenvalue weighted by Gasteiger charge is -2.07. The van der Waals surface area contributed by atoms with E-state index in [1.807, 2.05) is 72.8 Å². The molecule has 8 bridgehead atoms. The van der Waals surface area contributed by atoms with Crippen molar-refractivity contribution in [3.8, 4) is 68.5 Å². The van der Waals surface area contributed by atoms with Crippen LogP contribution in [0.3, 0.4) is 0 Å². The van der Waals surface area contributed by atoms with Crippen molar-refractivity contribution in [3.63, 3.8) is 0 Å². The fraction of sp³-hybridized carbons (Fsp3) is 0.308. The molecule has 2 aliphatic rings. The zero-order chi connectivity index (χ0) is 50.1. The van der Waals surface area contributed by atoms with Crippen LogP contribution < -0.4 is 18.9 Å². The van der Waals surface area contributed by atoms with E-state index < -0.39 is 0 Å². The minimum atomic E-state index is 0.0674. The number of benzene rings is 4. The molecule has 16 nitrogen and oxygen atoms in total. The number of nitrogens with zero attached hydrogens (tertiary/aromatic N) is 6. The zero-order valence-electron chi connectivity index (χ0n) is 40.0. The number of thioether (sulfide) groups is 4. The summed E-state index contributed by atoms with van der Waals surface area (Å²) in [5.41, 5.74) is 4.82. The fourth-order valence-electron chi connectivity index (χ4n) is 7.93. The van der Waals surface area contributed by atoms with Gasteiger partial charge in [0.05, 0.1) is 26.4 Å². The summed E-state index contributed by atoms with van der Waals surface area (Å²) in [6.45, 7) is 7.90. The van der Waals surface area contributed by atoms with Crippen molar-refractivity contribution < 1.29 is 38.1 Å². The van der Waals surface area contributed by atoms with Crippen LogP contribution in [0.15, 0.2) is 72.8 Å². The van der Waals surface area contributed by atoms with E-state index in [0.717, 1.165) is 32.7 Å². The maximum atomic E-state index is 11.5. The highest BCUT2D eigenvalue weighted by atomic mass is 32.2. The minimum absolute atomic E-state index is 0.0674. The maximum absolute atomic E-state index is 11.5. The molecule has 0 atom stereocenters. The molecule has 0 saturated heterocycles. The first-order chi connectivity index (χ1) is 34.9. The Morgan fingerprint density at radius 3 is 1.00 bits per heavy atom. The minimum Gasteiger partial charge on any atom is -0.494 e. The molecule has 2 aliphatic heterocycles. The second-order valence-corrected chi connectivity index (χ2v) is 21.7. The summed E-state index contributed by atoms with van der Waals surface area (Å²) in [5.74, 6) is 6.69. The molecule has 4 aromatic carbocycles. The van der Waals surface area contributed by atoms with E-state index in [4.69, 9.17) is 48.9 Å². The second-order valence-electron chi connectivity index (χ2n) is 16.6. The number of hydrogen-bond acceptors (Lipinski definition) is 18. The molecular formula is C52H50N8O8S4. The molecule has 0 unspecified atom stereocenters. The van der Waals surface area contributed by atoms with Crippen molar-refractivity contribution in [1.82, 2.24) is 39.9 Å². The van der Waals surface area contributed by atoms with E-state index in [2.05, 4.69) is 9.97 Å². The normalized spacial score (nSPS) is 11.6. The van der Waals surface area contributed by atoms with E-state index in [-0.39, 0.29) is 20.5 Å². The molecular weight excluding hydrogens is 993 g/mol. The van der Waals surface area contributed by atoms with Crippen LogP contribution in [0.2, 0.25) is 0 Å². The van der Waals surface area contributed by atoms with Crippen molar-refractivity contribution in [3.05, 3.63) is 72.8 Å². The molecule has 0 radical (unpaired) electrons. The van der Waals surface area contributed by atoms with Crippen LogP contribution in [-0.2, 0) is 19.2 Å². The van der Waals surface area contributed by atoms with Crippen LogP contribution in [0.25, 0.3) is 89.7 Å². The van der Waals surface area contributed by atoms with Gasteiger partial charge >= 0.3 is 0 Å². The zero-order valence-corrected chi connectivity index (χ0v) is 43.3. The van der Waals surface area contributed by atoms with E-state index in [1.165, 1.54) is 47.0 Å². The van der Waals surface area contributed by atoms with Gasteiger partial charge in [-0.1, -0.05) is 47.0 Å². The van der Waals surface area contributed by atoms with Crippen LogP contribution in [-0.4, -0.2) is 110 Å². The Bertz CT molecular complexity index is 3180. The number of hydrogen-bond donors (Lipinski definition) is 2. The summed E-state index contributed by atoms with van der Waals surface area (Å²) in [6.07, 6.45) is 2.75. The lowest BCUT2D eigenvalue weighted by Crippen LogP contribution is -2.00. The molecule has 0 saturated carbocycles. The summed E-state index contributed by atoms with van der Waals surface area (Å²) in [4.78, 5) is 84.1. The molecule has 0 spiro atoms. The van der Waals surface area contributed by atoms with E-state index in [0.29, 0.717) is 155 Å². The number of carbonyl (C=O) groups is 4. The summed E-state index contributed by atoms with van der Waals surface area (Å²) in [7, 11) is 0. The van der Waals surface area contributed by atoms with Crippen molar-refractivity contribution in [1.29, 1.82) is 0 Å². The average molecular weight is 1040 g/mol. The molecule has 72 heavy (non-hydrogen) atoms. The number of aromatic amines is 2. The molecule has 5 heterocycles. The van der Waals surface area contributed by atoms with Crippen molar-refractivity contribution in [2.75, 3.05) is 49.4 Å². The van der Waals surface area contributed by atoms with Crippen molar-refractivity contribution >= 4 is 112 Å². The van der Waals surface area contributed by atoms with E-state index in [9.17, 15) is 19.2 Å². The topological polar surface area (TPSA) is 214 Å². The molecule has 0 aliphatic carbocycles. The van der Waals surface area contributed by atoms with E-state index in [1.54, 1.807) is 27.7 Å². The Balaban J connectivity index is 1.22. The molecule has 7 aromatic rings. The number of fused-ring (bicyclic) bond motifs is 20. The summed E-state index contributed by atoms with van der Waals surface area (Å²) in [5, 5.41) is 3.25. The van der Waals surface area contributed by atoms with Crippen molar-refractivity contribution in [2.24, 2.45) is 0 Å². The predicted molar refractivity (Wildman–Crippen MR) is 289 cm³/mol. The highest BCUT2D eigenvalue weighted by Gasteiger charge is 2.24. The number of aromatic nitrogens is 8. The van der Waals surface area contributed by atoms with Crippen LogP contribution in [0.5, 0.6) is 23.0 Å². The Kier molecular flexibility index (Phi) is 16.4. The van der Waals surface area contributed by atoms with Gasteiger partial charge in [0, 0.05) is 94.5 Å². The van der Waals surface area contributed by atoms with Gasteiger partial charge in [0.25, 0.3) is 0 Å². The number of rotatable bonds is 20. The Morgan fingerprint density at radius 2 is 0.667 bits per heavy atom. The maximum Gasteiger partial charge on any atom is 0.185 e. The molecule has 370 valence electrons. The molecule has 9 rings (SSSR count). The highest BCUT2D eigenvalue weighted by molar-refractivity contribution is 8.14. The quantitative estimate of drug-likeness (QED) is 0.0679. The first-order valence-corrected chi connectivity index (χ1v) is 27.3. The Labute approximate surface area is 431 Å². The molecule has 2 N–H and O–H groups in total. The van der Waals surface area contributed by atoms with Gasteiger partial charge in [-0.3, -0.25) is 19.2 Å². The lowest BCUT2D eigenvalue weighted by atomic mass is 10.1. The molecule has 0 amide bonds. The van der Waals surface area contributed by atoms with Gasteiger partial charge in [-0.05, 0) is 98.5 Å². The Morgan fingerprint density at radius 1 is 0.375 bits per heavy atom. The number of carbonyl (C=O) groups excluding carboxylic acids is 4. The van der Waals surface area contributed by atoms with Gasteiger partial charge in [0.15, 0.2) is 43.8 Å². The van der Waals surface area contributed by atoms with Gasteiger partial charge in [-0.2, -0.15) is 0 Å². The van der Waals surface area contributed by atoms with Gasteiger partial charge in [0.2, 0.25) is 0 Å². The largest absolute Gasteiger partial charge is 0.494 e. The molecule has 3 aromatic heterocycles. The first kappa shape index (κ1) is 50.5. The number of H-pyrrole nitrogens is 2. The monoisotopic (exact) mass is 1040 g/mol. The van der Waals surface area contributed by atoms with Gasteiger partial charge in [-0.15, -0.1) is 0 Å². The molecule has 0 fully saturated rings. The van der Waals surface area contributed by atoms with Crippen LogP contribution in [0.4, 0.5) is 0 Å². The third-order valence-corrected chi connectivity index (χ3v) is 14.8. The van der Waals surface area contributed by atoms with Gasteiger partial charge in [-0.25, -0.2) is 29.9 Å². The smallest absolute Gasteiger partial charge is 0.185 e. The standard InChI is InChI=1S/C52H50N8O8S4/c1-29(61)69-21-5-17-65-33-9-13-37-41(25-33)49-53-45(37)58-50-43-27-35(67-19-7-23-71-31(3)63)11-15-39(43)47(55-50)60-52-44-28-36(68-20-8-24-72-32(4)64)12-16-40(44)48(56-52)59-51-42-26-34(66-18-6-22-70-30(2)62)10-14-38(42)46(54-51)57-49/h9-16,25-28H,5-8,17-24H2,1-4H3,(H2,53,54,55,56,57,58,59,60). The van der Waals surface area contributed by atoms with Crippen LogP contribution >= 0.6 is 47.0 Å².